The van der Waals surface area contributed by atoms with Gasteiger partial charge in [0, 0.05) is 26.2 Å². The van der Waals surface area contributed by atoms with Crippen molar-refractivity contribution in [3.05, 3.63) is 17.5 Å². The predicted octanol–water partition coefficient (Wildman–Crippen LogP) is 1.23. The topological polar surface area (TPSA) is 46.1 Å². The molecule has 14 heavy (non-hydrogen) atoms. The minimum Gasteiger partial charge on any atom is -0.347 e. The molecule has 1 aromatic heterocycles. The summed E-state index contributed by atoms with van der Waals surface area (Å²) in [4.78, 5) is 21.1. The van der Waals surface area contributed by atoms with Crippen LogP contribution in [0, 0.1) is 0 Å². The van der Waals surface area contributed by atoms with Crippen molar-refractivity contribution >= 4 is 12.2 Å². The first kappa shape index (κ1) is 9.12. The molecule has 0 aliphatic heterocycles. The van der Waals surface area contributed by atoms with E-state index in [-0.39, 0.29) is 0 Å². The van der Waals surface area contributed by atoms with Gasteiger partial charge in [-0.15, -0.1) is 0 Å². The molecule has 0 amide bonds. The maximum Gasteiger partial charge on any atom is 0.225 e. The maximum absolute atomic E-state index is 10.7. The van der Waals surface area contributed by atoms with Crippen molar-refractivity contribution in [2.75, 3.05) is 19.0 Å². The van der Waals surface area contributed by atoms with Gasteiger partial charge < -0.3 is 4.90 Å². The molecular weight excluding hydrogens is 178 g/mol. The van der Waals surface area contributed by atoms with Gasteiger partial charge in [0.1, 0.15) is 0 Å². The van der Waals surface area contributed by atoms with E-state index in [1.165, 1.54) is 0 Å². The number of aldehydes is 1. The highest BCUT2D eigenvalue weighted by molar-refractivity contribution is 5.76. The standard InChI is InChI=1S/C10H13N3O/c1-13(2)10-11-5-8(6-14)9(12-10)7-3-4-7/h5-7H,3-4H2,1-2H3. The summed E-state index contributed by atoms with van der Waals surface area (Å²) in [6.45, 7) is 0. The van der Waals surface area contributed by atoms with E-state index in [1.807, 2.05) is 19.0 Å². The van der Waals surface area contributed by atoms with Crippen LogP contribution in [0.25, 0.3) is 0 Å². The summed E-state index contributed by atoms with van der Waals surface area (Å²) in [7, 11) is 3.79. The molecule has 0 saturated heterocycles. The molecule has 1 aliphatic rings. The van der Waals surface area contributed by atoms with Gasteiger partial charge in [-0.25, -0.2) is 9.97 Å². The zero-order chi connectivity index (χ0) is 10.1. The Morgan fingerprint density at radius 2 is 2.21 bits per heavy atom. The quantitative estimate of drug-likeness (QED) is 0.674. The van der Waals surface area contributed by atoms with E-state index >= 15 is 0 Å². The van der Waals surface area contributed by atoms with Crippen molar-refractivity contribution in [1.82, 2.24) is 9.97 Å². The van der Waals surface area contributed by atoms with Gasteiger partial charge in [-0.05, 0) is 12.8 Å². The van der Waals surface area contributed by atoms with Gasteiger partial charge >= 0.3 is 0 Å². The lowest BCUT2D eigenvalue weighted by Gasteiger charge is -2.11. The summed E-state index contributed by atoms with van der Waals surface area (Å²) in [5.74, 6) is 1.16. The Hall–Kier alpha value is -1.45. The molecule has 1 fully saturated rings. The first-order chi connectivity index (χ1) is 6.72. The molecule has 1 saturated carbocycles. The van der Waals surface area contributed by atoms with Crippen LogP contribution in [-0.2, 0) is 0 Å². The van der Waals surface area contributed by atoms with Crippen molar-refractivity contribution in [2.45, 2.75) is 18.8 Å². The van der Waals surface area contributed by atoms with Crippen LogP contribution in [0.3, 0.4) is 0 Å². The number of carbonyl (C=O) groups is 1. The average molecular weight is 191 g/mol. The highest BCUT2D eigenvalue weighted by atomic mass is 16.1. The van der Waals surface area contributed by atoms with Crippen molar-refractivity contribution < 1.29 is 4.79 Å². The largest absolute Gasteiger partial charge is 0.347 e. The van der Waals surface area contributed by atoms with Crippen LogP contribution >= 0.6 is 0 Å². The van der Waals surface area contributed by atoms with Crippen LogP contribution in [0.15, 0.2) is 6.20 Å². The van der Waals surface area contributed by atoms with Gasteiger partial charge in [0.15, 0.2) is 6.29 Å². The van der Waals surface area contributed by atoms with Crippen molar-refractivity contribution in [3.63, 3.8) is 0 Å². The Morgan fingerprint density at radius 3 is 2.71 bits per heavy atom. The number of anilines is 1. The minimum absolute atomic E-state index is 0.483. The van der Waals surface area contributed by atoms with E-state index in [0.29, 0.717) is 17.4 Å². The zero-order valence-corrected chi connectivity index (χ0v) is 8.40. The Morgan fingerprint density at radius 1 is 1.50 bits per heavy atom. The van der Waals surface area contributed by atoms with Gasteiger partial charge in [-0.3, -0.25) is 4.79 Å². The Balaban J connectivity index is 2.41. The average Bonchev–Trinajstić information content (AvgIpc) is 3.00. The maximum atomic E-state index is 10.7. The number of hydrogen-bond acceptors (Lipinski definition) is 4. The summed E-state index contributed by atoms with van der Waals surface area (Å²) < 4.78 is 0. The van der Waals surface area contributed by atoms with E-state index in [2.05, 4.69) is 9.97 Å². The van der Waals surface area contributed by atoms with Crippen LogP contribution in [0.5, 0.6) is 0 Å². The molecule has 1 aromatic rings. The molecule has 0 unspecified atom stereocenters. The molecule has 0 bridgehead atoms. The molecule has 0 N–H and O–H groups in total. The third-order valence-electron chi connectivity index (χ3n) is 2.33. The van der Waals surface area contributed by atoms with Crippen LogP contribution in [0.4, 0.5) is 5.95 Å². The number of hydrogen-bond donors (Lipinski definition) is 0. The summed E-state index contributed by atoms with van der Waals surface area (Å²) in [6, 6.07) is 0. The monoisotopic (exact) mass is 191 g/mol. The summed E-state index contributed by atoms with van der Waals surface area (Å²) >= 11 is 0. The van der Waals surface area contributed by atoms with Gasteiger partial charge in [-0.2, -0.15) is 0 Å². The predicted molar refractivity (Wildman–Crippen MR) is 53.7 cm³/mol. The fraction of sp³-hybridized carbons (Fsp3) is 0.500. The normalized spacial score (nSPS) is 15.3. The minimum atomic E-state index is 0.483. The highest BCUT2D eigenvalue weighted by Gasteiger charge is 2.28. The number of nitrogens with zero attached hydrogens (tertiary/aromatic N) is 3. The molecular formula is C10H13N3O. The van der Waals surface area contributed by atoms with E-state index in [0.717, 1.165) is 24.8 Å². The Labute approximate surface area is 83.0 Å². The lowest BCUT2D eigenvalue weighted by atomic mass is 10.2. The second-order valence-electron chi connectivity index (χ2n) is 3.80. The van der Waals surface area contributed by atoms with Gasteiger partial charge in [-0.1, -0.05) is 0 Å². The molecule has 0 radical (unpaired) electrons. The zero-order valence-electron chi connectivity index (χ0n) is 8.40. The van der Waals surface area contributed by atoms with Crippen molar-refractivity contribution in [3.8, 4) is 0 Å². The molecule has 1 aliphatic carbocycles. The summed E-state index contributed by atoms with van der Waals surface area (Å²) in [6.07, 6.45) is 4.74. The molecule has 0 aromatic carbocycles. The smallest absolute Gasteiger partial charge is 0.225 e. The second kappa shape index (κ2) is 3.36. The van der Waals surface area contributed by atoms with E-state index < -0.39 is 0 Å². The number of rotatable bonds is 3. The Kier molecular flexibility index (Phi) is 2.19. The third kappa shape index (κ3) is 1.60. The SMILES string of the molecule is CN(C)c1ncc(C=O)c(C2CC2)n1. The number of aromatic nitrogens is 2. The first-order valence-corrected chi connectivity index (χ1v) is 4.72. The molecule has 74 valence electrons. The van der Waals surface area contributed by atoms with Crippen LogP contribution in [-0.4, -0.2) is 30.3 Å². The van der Waals surface area contributed by atoms with Crippen molar-refractivity contribution in [2.24, 2.45) is 0 Å². The lowest BCUT2D eigenvalue weighted by molar-refractivity contribution is 0.112. The van der Waals surface area contributed by atoms with Crippen molar-refractivity contribution in [1.29, 1.82) is 0 Å². The molecule has 2 rings (SSSR count). The second-order valence-corrected chi connectivity index (χ2v) is 3.80. The molecule has 4 heteroatoms. The summed E-state index contributed by atoms with van der Waals surface area (Å²) in [5, 5.41) is 0. The molecule has 0 atom stereocenters. The van der Waals surface area contributed by atoms with Crippen LogP contribution < -0.4 is 4.90 Å². The molecule has 4 nitrogen and oxygen atoms in total. The fourth-order valence-electron chi connectivity index (χ4n) is 1.38. The van der Waals surface area contributed by atoms with E-state index in [1.54, 1.807) is 6.20 Å². The van der Waals surface area contributed by atoms with Crippen LogP contribution in [0.1, 0.15) is 34.8 Å². The molecule has 0 spiro atoms. The first-order valence-electron chi connectivity index (χ1n) is 4.72. The highest BCUT2D eigenvalue weighted by Crippen LogP contribution is 2.40. The Bertz CT molecular complexity index is 358. The number of carbonyl (C=O) groups excluding carboxylic acids is 1. The summed E-state index contributed by atoms with van der Waals surface area (Å²) in [5.41, 5.74) is 1.55. The van der Waals surface area contributed by atoms with Gasteiger partial charge in [0.25, 0.3) is 0 Å². The third-order valence-corrected chi connectivity index (χ3v) is 2.33. The van der Waals surface area contributed by atoms with Gasteiger partial charge in [0.05, 0.1) is 11.3 Å². The van der Waals surface area contributed by atoms with E-state index in [9.17, 15) is 4.79 Å². The van der Waals surface area contributed by atoms with Crippen LogP contribution in [0.2, 0.25) is 0 Å². The fourth-order valence-corrected chi connectivity index (χ4v) is 1.38. The molecule has 1 heterocycles. The van der Waals surface area contributed by atoms with E-state index in [4.69, 9.17) is 0 Å². The lowest BCUT2D eigenvalue weighted by Crippen LogP contribution is -2.14. The van der Waals surface area contributed by atoms with Gasteiger partial charge in [0.2, 0.25) is 5.95 Å².